The van der Waals surface area contributed by atoms with Gasteiger partial charge in [-0.1, -0.05) is 30.2 Å². The first-order chi connectivity index (χ1) is 9.95. The Balaban J connectivity index is 2.41. The van der Waals surface area contributed by atoms with Crippen LogP contribution in [0.1, 0.15) is 49.3 Å². The zero-order chi connectivity index (χ0) is 15.5. The average Bonchev–Trinajstić information content (AvgIpc) is 2.69. The predicted octanol–water partition coefficient (Wildman–Crippen LogP) is 4.24. The van der Waals surface area contributed by atoms with Gasteiger partial charge in [-0.15, -0.1) is 0 Å². The molecule has 0 amide bonds. The largest absolute Gasteiger partial charge is 0.419 e. The second-order valence-electron chi connectivity index (χ2n) is 5.18. The lowest BCUT2D eigenvalue weighted by molar-refractivity contribution is -0.140. The Hall–Kier alpha value is -1.40. The van der Waals surface area contributed by atoms with Crippen LogP contribution in [0.15, 0.2) is 29.8 Å². The van der Waals surface area contributed by atoms with E-state index in [-0.39, 0.29) is 5.56 Å². The van der Waals surface area contributed by atoms with Crippen LogP contribution in [-0.4, -0.2) is 0 Å². The molecule has 1 aromatic carbocycles. The van der Waals surface area contributed by atoms with E-state index in [1.165, 1.54) is 12.1 Å². The second-order valence-corrected chi connectivity index (χ2v) is 5.18. The lowest BCUT2D eigenvalue weighted by atomic mass is 9.93. The number of allylic oxidation sites excluding steroid dienone is 1. The van der Waals surface area contributed by atoms with Gasteiger partial charge in [0.2, 0.25) is 0 Å². The van der Waals surface area contributed by atoms with E-state index in [0.717, 1.165) is 37.3 Å². The van der Waals surface area contributed by atoms with E-state index >= 15 is 0 Å². The smallest absolute Gasteiger partial charge is 0.271 e. The maximum Gasteiger partial charge on any atom is 0.419 e. The van der Waals surface area contributed by atoms with Crippen LogP contribution >= 0.6 is 0 Å². The summed E-state index contributed by atoms with van der Waals surface area (Å²) in [5.74, 6) is 4.22. The fraction of sp³-hybridized carbons (Fsp3) is 0.467. The highest BCUT2D eigenvalue weighted by atomic mass is 19.4. The van der Waals surface area contributed by atoms with Gasteiger partial charge in [-0.2, -0.15) is 13.2 Å². The third-order valence-corrected chi connectivity index (χ3v) is 3.76. The molecule has 2 rings (SSSR count). The van der Waals surface area contributed by atoms with Crippen molar-refractivity contribution in [2.75, 3.05) is 0 Å². The molecule has 21 heavy (non-hydrogen) atoms. The monoisotopic (exact) mass is 302 g/mol. The molecule has 3 N–H and O–H groups in total. The molecule has 1 aromatic rings. The molecule has 6 heteroatoms. The minimum Gasteiger partial charge on any atom is -0.271 e. The maximum absolute atomic E-state index is 14.2. The van der Waals surface area contributed by atoms with Gasteiger partial charge >= 0.3 is 6.18 Å². The van der Waals surface area contributed by atoms with Crippen molar-refractivity contribution in [2.45, 2.75) is 44.3 Å². The maximum atomic E-state index is 14.2. The second kappa shape index (κ2) is 6.58. The molecule has 0 saturated heterocycles. The molecular weight excluding hydrogens is 284 g/mol. The number of halogens is 4. The van der Waals surface area contributed by atoms with Crippen LogP contribution in [0.2, 0.25) is 0 Å². The first-order valence-corrected chi connectivity index (χ1v) is 6.96. The van der Waals surface area contributed by atoms with Crippen LogP contribution in [0.4, 0.5) is 17.6 Å². The molecule has 0 spiro atoms. The molecule has 0 bridgehead atoms. The van der Waals surface area contributed by atoms with Crippen LogP contribution in [0.3, 0.4) is 0 Å². The summed E-state index contributed by atoms with van der Waals surface area (Å²) in [7, 11) is 0. The molecule has 0 radical (unpaired) electrons. The van der Waals surface area contributed by atoms with Crippen molar-refractivity contribution in [1.29, 1.82) is 0 Å². The number of alkyl halides is 3. The van der Waals surface area contributed by atoms with Gasteiger partial charge in [0.05, 0.1) is 11.6 Å². The molecule has 0 fully saturated rings. The molecule has 1 unspecified atom stereocenters. The first kappa shape index (κ1) is 16.0. The van der Waals surface area contributed by atoms with Crippen LogP contribution in [0.25, 0.3) is 0 Å². The Morgan fingerprint density at radius 3 is 2.57 bits per heavy atom. The van der Waals surface area contributed by atoms with Gasteiger partial charge in [0, 0.05) is 5.56 Å². The minimum atomic E-state index is -4.71. The van der Waals surface area contributed by atoms with Gasteiger partial charge < -0.3 is 0 Å². The fourth-order valence-corrected chi connectivity index (χ4v) is 2.69. The average molecular weight is 302 g/mol. The Bertz CT molecular complexity index is 523. The lowest BCUT2D eigenvalue weighted by Crippen LogP contribution is -2.30. The van der Waals surface area contributed by atoms with Gasteiger partial charge in [0.1, 0.15) is 5.82 Å². The SMILES string of the molecule is NNC(C1=CCCCCC1)c1cccc(C(F)(F)F)c1F. The van der Waals surface area contributed by atoms with E-state index in [9.17, 15) is 17.6 Å². The number of rotatable bonds is 3. The zero-order valence-corrected chi connectivity index (χ0v) is 11.5. The number of nitrogens with two attached hydrogens (primary N) is 1. The van der Waals surface area contributed by atoms with E-state index in [4.69, 9.17) is 5.84 Å². The summed E-state index contributed by atoms with van der Waals surface area (Å²) in [5.41, 5.74) is 2.00. The number of hydrogen-bond donors (Lipinski definition) is 2. The quantitative estimate of drug-likeness (QED) is 0.379. The van der Waals surface area contributed by atoms with Crippen molar-refractivity contribution >= 4 is 0 Å². The van der Waals surface area contributed by atoms with E-state index in [0.29, 0.717) is 6.42 Å². The topological polar surface area (TPSA) is 38.0 Å². The molecule has 1 aliphatic carbocycles. The molecule has 1 aliphatic rings. The summed E-state index contributed by atoms with van der Waals surface area (Å²) in [6.07, 6.45) is 1.83. The summed E-state index contributed by atoms with van der Waals surface area (Å²) in [5, 5.41) is 0. The Morgan fingerprint density at radius 2 is 1.90 bits per heavy atom. The third-order valence-electron chi connectivity index (χ3n) is 3.76. The van der Waals surface area contributed by atoms with Gasteiger partial charge in [0.25, 0.3) is 0 Å². The summed E-state index contributed by atoms with van der Waals surface area (Å²) in [6, 6.07) is 2.59. The molecule has 0 saturated carbocycles. The van der Waals surface area contributed by atoms with Crippen molar-refractivity contribution in [3.05, 3.63) is 46.8 Å². The van der Waals surface area contributed by atoms with Crippen molar-refractivity contribution in [3.63, 3.8) is 0 Å². The molecule has 1 atom stereocenters. The minimum absolute atomic E-state index is 0.0551. The highest BCUT2D eigenvalue weighted by Crippen LogP contribution is 2.36. The summed E-state index contributed by atoms with van der Waals surface area (Å²) < 4.78 is 52.6. The van der Waals surface area contributed by atoms with E-state index in [1.54, 1.807) is 0 Å². The number of nitrogens with one attached hydrogen (secondary N) is 1. The Labute approximate surface area is 121 Å². The van der Waals surface area contributed by atoms with Gasteiger partial charge in [-0.3, -0.25) is 5.84 Å². The fourth-order valence-electron chi connectivity index (χ4n) is 2.69. The lowest BCUT2D eigenvalue weighted by Gasteiger charge is -2.22. The van der Waals surface area contributed by atoms with E-state index < -0.39 is 23.6 Å². The van der Waals surface area contributed by atoms with Crippen LogP contribution in [0, 0.1) is 5.82 Å². The molecule has 0 heterocycles. The zero-order valence-electron chi connectivity index (χ0n) is 11.5. The number of hydrazine groups is 1. The summed E-state index contributed by atoms with van der Waals surface area (Å²) in [4.78, 5) is 0. The normalized spacial score (nSPS) is 18.0. The molecule has 2 nitrogen and oxygen atoms in total. The van der Waals surface area contributed by atoms with Gasteiger partial charge in [-0.25, -0.2) is 9.82 Å². The highest BCUT2D eigenvalue weighted by molar-refractivity contribution is 5.35. The van der Waals surface area contributed by atoms with Crippen molar-refractivity contribution in [2.24, 2.45) is 5.84 Å². The third kappa shape index (κ3) is 3.63. The van der Waals surface area contributed by atoms with Crippen LogP contribution in [-0.2, 0) is 6.18 Å². The molecule has 116 valence electrons. The van der Waals surface area contributed by atoms with Crippen LogP contribution in [0.5, 0.6) is 0 Å². The summed E-state index contributed by atoms with van der Waals surface area (Å²) in [6.45, 7) is 0. The Morgan fingerprint density at radius 1 is 1.14 bits per heavy atom. The van der Waals surface area contributed by atoms with Crippen LogP contribution < -0.4 is 11.3 Å². The molecular formula is C15H18F4N2. The van der Waals surface area contributed by atoms with Crippen molar-refractivity contribution in [1.82, 2.24) is 5.43 Å². The Kier molecular flexibility index (Phi) is 5.00. The van der Waals surface area contributed by atoms with Crippen molar-refractivity contribution in [3.8, 4) is 0 Å². The molecule has 0 aliphatic heterocycles. The van der Waals surface area contributed by atoms with Gasteiger partial charge in [0.15, 0.2) is 0 Å². The first-order valence-electron chi connectivity index (χ1n) is 6.96. The molecule has 0 aromatic heterocycles. The highest BCUT2D eigenvalue weighted by Gasteiger charge is 2.36. The predicted molar refractivity (Wildman–Crippen MR) is 72.6 cm³/mol. The summed E-state index contributed by atoms with van der Waals surface area (Å²) >= 11 is 0. The number of hydrogen-bond acceptors (Lipinski definition) is 2. The van der Waals surface area contributed by atoms with Gasteiger partial charge in [-0.05, 0) is 31.7 Å². The standard InChI is InChI=1S/C15H18F4N2/c16-13-11(8-5-9-12(13)15(17,18)19)14(21-20)10-6-3-1-2-4-7-10/h5-6,8-9,14,21H,1-4,7,20H2. The number of benzene rings is 1. The van der Waals surface area contributed by atoms with Crippen molar-refractivity contribution < 1.29 is 17.6 Å². The van der Waals surface area contributed by atoms with E-state index in [2.05, 4.69) is 5.43 Å². The van der Waals surface area contributed by atoms with E-state index in [1.807, 2.05) is 6.08 Å².